The molecule has 1 aliphatic heterocycles. The average molecular weight is 500 g/mol. The minimum absolute atomic E-state index is 0.112. The summed E-state index contributed by atoms with van der Waals surface area (Å²) in [4.78, 5) is 9.85. The van der Waals surface area contributed by atoms with Gasteiger partial charge in [0, 0.05) is 23.3 Å². The fourth-order valence-corrected chi connectivity index (χ4v) is 4.50. The van der Waals surface area contributed by atoms with Crippen molar-refractivity contribution in [3.8, 4) is 0 Å². The number of rotatable bonds is 9. The standard InChI is InChI=1S/C31H41N5O/c1-20(2)37-22(4)18-32-19-29-35-28-17-23(27-10-8-9-21(3)33-27)11-16-26(28)30(36-29)34-25-14-12-24(13-15-25)31(5,6)7/h8-17,20,22,27,32-33H,18-19H2,1-7H3,(H,34,35,36)/t22-,27?/m1/s1. The molecule has 0 amide bonds. The summed E-state index contributed by atoms with van der Waals surface area (Å²) >= 11 is 0. The van der Waals surface area contributed by atoms with Crippen LogP contribution in [0.1, 0.15) is 71.5 Å². The van der Waals surface area contributed by atoms with Gasteiger partial charge in [-0.1, -0.05) is 51.1 Å². The summed E-state index contributed by atoms with van der Waals surface area (Å²) in [6.07, 6.45) is 6.68. The van der Waals surface area contributed by atoms with Crippen molar-refractivity contribution >= 4 is 22.4 Å². The monoisotopic (exact) mass is 499 g/mol. The molecule has 0 saturated heterocycles. The van der Waals surface area contributed by atoms with E-state index in [2.05, 4.69) is 125 Å². The largest absolute Gasteiger partial charge is 0.378 e. The number of anilines is 2. The summed E-state index contributed by atoms with van der Waals surface area (Å²) in [5, 5.41) is 11.5. The van der Waals surface area contributed by atoms with E-state index in [1.807, 2.05) is 0 Å². The van der Waals surface area contributed by atoms with Gasteiger partial charge < -0.3 is 20.7 Å². The lowest BCUT2D eigenvalue weighted by Crippen LogP contribution is -2.29. The van der Waals surface area contributed by atoms with Crippen LogP contribution in [0.3, 0.4) is 0 Å². The maximum Gasteiger partial charge on any atom is 0.145 e. The molecule has 0 aliphatic carbocycles. The quantitative estimate of drug-likeness (QED) is 0.305. The first-order valence-electron chi connectivity index (χ1n) is 13.2. The molecule has 0 bridgehead atoms. The molecule has 6 nitrogen and oxygen atoms in total. The lowest BCUT2D eigenvalue weighted by Gasteiger charge is -2.21. The lowest BCUT2D eigenvalue weighted by atomic mass is 9.87. The Kier molecular flexibility index (Phi) is 8.30. The maximum atomic E-state index is 5.85. The number of ether oxygens (including phenoxy) is 1. The molecule has 6 heteroatoms. The van der Waals surface area contributed by atoms with Gasteiger partial charge in [0.2, 0.25) is 0 Å². The Morgan fingerprint density at radius 1 is 1.03 bits per heavy atom. The van der Waals surface area contributed by atoms with Crippen molar-refractivity contribution in [1.29, 1.82) is 0 Å². The smallest absolute Gasteiger partial charge is 0.145 e. The third kappa shape index (κ3) is 7.18. The van der Waals surface area contributed by atoms with E-state index in [1.165, 1.54) is 11.1 Å². The maximum absolute atomic E-state index is 5.85. The first-order chi connectivity index (χ1) is 17.6. The molecule has 2 atom stereocenters. The van der Waals surface area contributed by atoms with Crippen LogP contribution >= 0.6 is 0 Å². The van der Waals surface area contributed by atoms with Crippen molar-refractivity contribution in [2.45, 2.75) is 78.7 Å². The van der Waals surface area contributed by atoms with Gasteiger partial charge in [-0.05, 0) is 74.6 Å². The molecule has 1 aromatic heterocycles. The van der Waals surface area contributed by atoms with Gasteiger partial charge in [-0.2, -0.15) is 0 Å². The van der Waals surface area contributed by atoms with Crippen LogP contribution in [-0.4, -0.2) is 28.7 Å². The number of hydrogen-bond donors (Lipinski definition) is 3. The normalized spacial score (nSPS) is 16.5. The number of hydrogen-bond acceptors (Lipinski definition) is 6. The molecule has 1 aliphatic rings. The number of allylic oxidation sites excluding steroid dienone is 3. The second-order valence-corrected chi connectivity index (χ2v) is 11.2. The van der Waals surface area contributed by atoms with Gasteiger partial charge in [0.05, 0.1) is 30.3 Å². The molecular formula is C31H41N5O. The highest BCUT2D eigenvalue weighted by molar-refractivity contribution is 5.91. The highest BCUT2D eigenvalue weighted by Crippen LogP contribution is 2.29. The van der Waals surface area contributed by atoms with E-state index in [0.29, 0.717) is 6.54 Å². The predicted octanol–water partition coefficient (Wildman–Crippen LogP) is 6.68. The van der Waals surface area contributed by atoms with E-state index in [0.717, 1.165) is 40.5 Å². The van der Waals surface area contributed by atoms with Crippen molar-refractivity contribution in [3.05, 3.63) is 83.3 Å². The Morgan fingerprint density at radius 3 is 2.46 bits per heavy atom. The van der Waals surface area contributed by atoms with Gasteiger partial charge in [-0.25, -0.2) is 9.97 Å². The number of dihydropyridines is 1. The summed E-state index contributed by atoms with van der Waals surface area (Å²) < 4.78 is 5.85. The second kappa shape index (κ2) is 11.4. The number of benzene rings is 2. The Balaban J connectivity index is 1.63. The van der Waals surface area contributed by atoms with Crippen LogP contribution in [0, 0.1) is 0 Å². The molecule has 3 aromatic rings. The molecule has 0 fully saturated rings. The minimum Gasteiger partial charge on any atom is -0.378 e. The van der Waals surface area contributed by atoms with E-state index >= 15 is 0 Å². The van der Waals surface area contributed by atoms with Crippen molar-refractivity contribution in [3.63, 3.8) is 0 Å². The third-order valence-corrected chi connectivity index (χ3v) is 6.39. The van der Waals surface area contributed by atoms with E-state index in [9.17, 15) is 0 Å². The summed E-state index contributed by atoms with van der Waals surface area (Å²) in [5.74, 6) is 1.56. The van der Waals surface area contributed by atoms with Crippen molar-refractivity contribution in [1.82, 2.24) is 20.6 Å². The van der Waals surface area contributed by atoms with Gasteiger partial charge >= 0.3 is 0 Å². The number of nitrogens with one attached hydrogen (secondary N) is 3. The summed E-state index contributed by atoms with van der Waals surface area (Å²) in [5.41, 5.74) is 5.67. The number of aromatic nitrogens is 2. The Hall–Kier alpha value is -3.22. The van der Waals surface area contributed by atoms with Crippen molar-refractivity contribution in [2.24, 2.45) is 0 Å². The van der Waals surface area contributed by atoms with E-state index in [-0.39, 0.29) is 23.7 Å². The number of fused-ring (bicyclic) bond motifs is 1. The van der Waals surface area contributed by atoms with Crippen LogP contribution in [0.5, 0.6) is 0 Å². The molecular weight excluding hydrogens is 458 g/mol. The SMILES string of the molecule is CC1=CC=CC(c2ccc3c(Nc4ccc(C(C)(C)C)cc4)nc(CNC[C@@H](C)OC(C)C)nc3c2)N1. The van der Waals surface area contributed by atoms with Crippen LogP contribution in [0.4, 0.5) is 11.5 Å². The fourth-order valence-electron chi connectivity index (χ4n) is 4.50. The fraction of sp³-hybridized carbons (Fsp3) is 0.419. The van der Waals surface area contributed by atoms with Crippen LogP contribution < -0.4 is 16.0 Å². The summed E-state index contributed by atoms with van der Waals surface area (Å²) in [6, 6.07) is 15.2. The van der Waals surface area contributed by atoms with E-state index in [1.54, 1.807) is 0 Å². The van der Waals surface area contributed by atoms with Gasteiger partial charge in [-0.15, -0.1) is 0 Å². The van der Waals surface area contributed by atoms with Crippen LogP contribution in [-0.2, 0) is 16.7 Å². The molecule has 1 unspecified atom stereocenters. The number of nitrogens with zero attached hydrogens (tertiary/aromatic N) is 2. The molecule has 2 heterocycles. The van der Waals surface area contributed by atoms with Gasteiger partial charge in [-0.3, -0.25) is 0 Å². The highest BCUT2D eigenvalue weighted by Gasteiger charge is 2.16. The predicted molar refractivity (Wildman–Crippen MR) is 154 cm³/mol. The lowest BCUT2D eigenvalue weighted by molar-refractivity contribution is 0.0193. The molecule has 2 aromatic carbocycles. The molecule has 0 radical (unpaired) electrons. The Labute approximate surface area is 221 Å². The average Bonchev–Trinajstić information content (AvgIpc) is 2.83. The second-order valence-electron chi connectivity index (χ2n) is 11.2. The third-order valence-electron chi connectivity index (χ3n) is 6.39. The minimum atomic E-state index is 0.112. The highest BCUT2D eigenvalue weighted by atomic mass is 16.5. The van der Waals surface area contributed by atoms with Crippen molar-refractivity contribution < 1.29 is 4.74 Å². The van der Waals surface area contributed by atoms with E-state index in [4.69, 9.17) is 14.7 Å². The first kappa shape index (κ1) is 26.8. The molecule has 37 heavy (non-hydrogen) atoms. The van der Waals surface area contributed by atoms with Crippen LogP contribution in [0.2, 0.25) is 0 Å². The molecule has 3 N–H and O–H groups in total. The molecule has 0 spiro atoms. The van der Waals surface area contributed by atoms with Gasteiger partial charge in [0.1, 0.15) is 11.6 Å². The molecule has 196 valence electrons. The zero-order valence-electron chi connectivity index (χ0n) is 23.2. The zero-order valence-corrected chi connectivity index (χ0v) is 23.2. The van der Waals surface area contributed by atoms with Gasteiger partial charge in [0.25, 0.3) is 0 Å². The van der Waals surface area contributed by atoms with Crippen molar-refractivity contribution in [2.75, 3.05) is 11.9 Å². The Morgan fingerprint density at radius 2 is 1.78 bits per heavy atom. The zero-order chi connectivity index (χ0) is 26.6. The topological polar surface area (TPSA) is 71.1 Å². The molecule has 4 rings (SSSR count). The first-order valence-corrected chi connectivity index (χ1v) is 13.2. The summed E-state index contributed by atoms with van der Waals surface area (Å²) in [6.45, 7) is 16.3. The van der Waals surface area contributed by atoms with Gasteiger partial charge in [0.15, 0.2) is 0 Å². The van der Waals surface area contributed by atoms with Crippen LogP contribution in [0.15, 0.2) is 66.4 Å². The summed E-state index contributed by atoms with van der Waals surface area (Å²) in [7, 11) is 0. The van der Waals surface area contributed by atoms with E-state index < -0.39 is 0 Å². The molecule has 0 saturated carbocycles. The van der Waals surface area contributed by atoms with Crippen LogP contribution in [0.25, 0.3) is 10.9 Å². The Bertz CT molecular complexity index is 1270.